The highest BCUT2D eigenvalue weighted by atomic mass is 32.2. The van der Waals surface area contributed by atoms with Gasteiger partial charge in [-0.25, -0.2) is 8.42 Å². The van der Waals surface area contributed by atoms with Crippen LogP contribution in [0.5, 0.6) is 0 Å². The highest BCUT2D eigenvalue weighted by Crippen LogP contribution is 2.18. The minimum absolute atomic E-state index is 0.193. The van der Waals surface area contributed by atoms with Crippen molar-refractivity contribution >= 4 is 21.7 Å². The van der Waals surface area contributed by atoms with Crippen LogP contribution < -0.4 is 10.0 Å². The smallest absolute Gasteiger partial charge is 0.263 e. The van der Waals surface area contributed by atoms with Gasteiger partial charge in [0.1, 0.15) is 5.82 Å². The molecule has 118 valence electrons. The number of benzene rings is 1. The first-order chi connectivity index (χ1) is 10.4. The van der Waals surface area contributed by atoms with Gasteiger partial charge >= 0.3 is 0 Å². The van der Waals surface area contributed by atoms with Gasteiger partial charge in [0.05, 0.1) is 4.90 Å². The van der Waals surface area contributed by atoms with Gasteiger partial charge in [-0.3, -0.25) is 4.72 Å². The Kier molecular flexibility index (Phi) is 4.97. The average molecular weight is 320 g/mol. The Labute approximate surface area is 131 Å². The molecule has 2 aromatic rings. The molecule has 0 aliphatic carbocycles. The van der Waals surface area contributed by atoms with Gasteiger partial charge in [-0.05, 0) is 36.6 Å². The molecule has 0 radical (unpaired) electrons. The molecule has 22 heavy (non-hydrogen) atoms. The van der Waals surface area contributed by atoms with Crippen LogP contribution in [0.1, 0.15) is 19.4 Å². The van der Waals surface area contributed by atoms with Crippen LogP contribution in [0.2, 0.25) is 0 Å². The van der Waals surface area contributed by atoms with E-state index in [1.165, 1.54) is 0 Å². The van der Waals surface area contributed by atoms with E-state index < -0.39 is 10.0 Å². The number of rotatable bonds is 6. The van der Waals surface area contributed by atoms with Gasteiger partial charge < -0.3 is 5.32 Å². The summed E-state index contributed by atoms with van der Waals surface area (Å²) in [6.07, 6.45) is 0. The van der Waals surface area contributed by atoms with Crippen molar-refractivity contribution in [3.8, 4) is 0 Å². The van der Waals surface area contributed by atoms with E-state index in [0.29, 0.717) is 17.3 Å². The van der Waals surface area contributed by atoms with Crippen molar-refractivity contribution in [1.29, 1.82) is 0 Å². The van der Waals surface area contributed by atoms with Crippen molar-refractivity contribution in [2.75, 3.05) is 16.6 Å². The summed E-state index contributed by atoms with van der Waals surface area (Å²) < 4.78 is 27.1. The topological polar surface area (TPSA) is 84.0 Å². The second kappa shape index (κ2) is 6.74. The van der Waals surface area contributed by atoms with E-state index in [9.17, 15) is 8.42 Å². The summed E-state index contributed by atoms with van der Waals surface area (Å²) in [6, 6.07) is 10.1. The average Bonchev–Trinajstić information content (AvgIpc) is 2.46. The summed E-state index contributed by atoms with van der Waals surface area (Å²) in [5.74, 6) is 1.30. The lowest BCUT2D eigenvalue weighted by molar-refractivity contribution is 0.600. The van der Waals surface area contributed by atoms with Crippen molar-refractivity contribution in [2.24, 2.45) is 5.92 Å². The zero-order chi connectivity index (χ0) is 16.2. The van der Waals surface area contributed by atoms with Gasteiger partial charge in [0.25, 0.3) is 10.0 Å². The Bertz CT molecular complexity index is 727. The molecule has 0 amide bonds. The van der Waals surface area contributed by atoms with Crippen molar-refractivity contribution in [1.82, 2.24) is 10.2 Å². The van der Waals surface area contributed by atoms with Crippen LogP contribution in [0.3, 0.4) is 0 Å². The molecule has 1 heterocycles. The number of aromatic nitrogens is 2. The largest absolute Gasteiger partial charge is 0.368 e. The minimum Gasteiger partial charge on any atom is -0.368 e. The van der Waals surface area contributed by atoms with Crippen LogP contribution in [-0.4, -0.2) is 25.2 Å². The predicted molar refractivity (Wildman–Crippen MR) is 87.3 cm³/mol. The molecule has 0 saturated heterocycles. The number of sulfonamides is 1. The number of hydrogen-bond acceptors (Lipinski definition) is 5. The molecule has 0 unspecified atom stereocenters. The van der Waals surface area contributed by atoms with E-state index in [1.54, 1.807) is 43.3 Å². The predicted octanol–water partition coefficient (Wildman–Crippen LogP) is 2.65. The van der Waals surface area contributed by atoms with Crippen molar-refractivity contribution < 1.29 is 8.42 Å². The summed E-state index contributed by atoms with van der Waals surface area (Å²) in [6.45, 7) is 6.71. The van der Waals surface area contributed by atoms with Crippen molar-refractivity contribution in [2.45, 2.75) is 25.7 Å². The zero-order valence-electron chi connectivity index (χ0n) is 12.9. The number of nitrogens with zero attached hydrogens (tertiary/aromatic N) is 2. The molecule has 6 nitrogen and oxygen atoms in total. The van der Waals surface area contributed by atoms with E-state index in [0.717, 1.165) is 6.54 Å². The summed E-state index contributed by atoms with van der Waals surface area (Å²) in [4.78, 5) is 0.235. The Morgan fingerprint density at radius 3 is 2.27 bits per heavy atom. The van der Waals surface area contributed by atoms with E-state index in [4.69, 9.17) is 0 Å². The summed E-state index contributed by atoms with van der Waals surface area (Å²) in [5.41, 5.74) is 0.679. The molecule has 1 aromatic carbocycles. The second-order valence-electron chi connectivity index (χ2n) is 5.45. The van der Waals surface area contributed by atoms with Gasteiger partial charge in [0.15, 0.2) is 5.82 Å². The fourth-order valence-electron chi connectivity index (χ4n) is 1.84. The van der Waals surface area contributed by atoms with E-state index in [-0.39, 0.29) is 10.7 Å². The molecule has 2 rings (SSSR count). The molecule has 0 atom stereocenters. The summed E-state index contributed by atoms with van der Waals surface area (Å²) in [5, 5.41) is 11.0. The van der Waals surface area contributed by atoms with Gasteiger partial charge in [0.2, 0.25) is 0 Å². The van der Waals surface area contributed by atoms with E-state index in [1.807, 2.05) is 0 Å². The molecule has 0 aliphatic heterocycles. The molecule has 7 heteroatoms. The highest BCUT2D eigenvalue weighted by Gasteiger charge is 2.17. The molecule has 2 N–H and O–H groups in total. The van der Waals surface area contributed by atoms with Crippen molar-refractivity contribution in [3.63, 3.8) is 0 Å². The quantitative estimate of drug-likeness (QED) is 0.855. The maximum Gasteiger partial charge on any atom is 0.263 e. The number of nitrogens with one attached hydrogen (secondary N) is 2. The monoisotopic (exact) mass is 320 g/mol. The number of anilines is 2. The third-order valence-corrected chi connectivity index (χ3v) is 4.49. The first-order valence-electron chi connectivity index (χ1n) is 7.04. The van der Waals surface area contributed by atoms with E-state index >= 15 is 0 Å². The maximum absolute atomic E-state index is 12.3. The summed E-state index contributed by atoms with van der Waals surface area (Å²) >= 11 is 0. The first-order valence-corrected chi connectivity index (χ1v) is 8.53. The number of aryl methyl sites for hydroxylation is 1. The van der Waals surface area contributed by atoms with Gasteiger partial charge in [-0.2, -0.15) is 0 Å². The van der Waals surface area contributed by atoms with Crippen LogP contribution >= 0.6 is 0 Å². The SMILES string of the molecule is Cc1ccccc1S(=O)(=O)Nc1ccc(NCC(C)C)nn1. The van der Waals surface area contributed by atoms with Crippen LogP contribution in [-0.2, 0) is 10.0 Å². The Morgan fingerprint density at radius 1 is 1.05 bits per heavy atom. The molecule has 0 saturated carbocycles. The molecule has 0 bridgehead atoms. The standard InChI is InChI=1S/C15H20N4O2S/c1-11(2)10-16-14-8-9-15(18-17-14)19-22(20,21)13-7-5-4-6-12(13)3/h4-9,11H,10H2,1-3H3,(H,16,17)(H,18,19). The zero-order valence-corrected chi connectivity index (χ0v) is 13.7. The second-order valence-corrected chi connectivity index (χ2v) is 7.10. The Balaban J connectivity index is 2.12. The molecular formula is C15H20N4O2S. The van der Waals surface area contributed by atoms with Gasteiger partial charge in [0, 0.05) is 6.54 Å². The molecule has 0 spiro atoms. The fourth-order valence-corrected chi connectivity index (χ4v) is 3.08. The normalized spacial score (nSPS) is 11.5. The summed E-state index contributed by atoms with van der Waals surface area (Å²) in [7, 11) is -3.66. The third-order valence-electron chi connectivity index (χ3n) is 2.98. The van der Waals surface area contributed by atoms with Gasteiger partial charge in [-0.15, -0.1) is 10.2 Å². The van der Waals surface area contributed by atoms with E-state index in [2.05, 4.69) is 34.1 Å². The lowest BCUT2D eigenvalue weighted by Gasteiger charge is -2.10. The molecule has 0 fully saturated rings. The van der Waals surface area contributed by atoms with Crippen LogP contribution in [0.4, 0.5) is 11.6 Å². The maximum atomic E-state index is 12.3. The van der Waals surface area contributed by atoms with Crippen LogP contribution in [0.15, 0.2) is 41.3 Å². The lowest BCUT2D eigenvalue weighted by Crippen LogP contribution is -2.16. The van der Waals surface area contributed by atoms with Crippen molar-refractivity contribution in [3.05, 3.63) is 42.0 Å². The first kappa shape index (κ1) is 16.2. The number of hydrogen-bond donors (Lipinski definition) is 2. The molecule has 0 aliphatic rings. The molecular weight excluding hydrogens is 300 g/mol. The van der Waals surface area contributed by atoms with Gasteiger partial charge in [-0.1, -0.05) is 32.0 Å². The lowest BCUT2D eigenvalue weighted by atomic mass is 10.2. The molecule has 1 aromatic heterocycles. The van der Waals surface area contributed by atoms with Crippen LogP contribution in [0.25, 0.3) is 0 Å². The minimum atomic E-state index is -3.66. The fraction of sp³-hybridized carbons (Fsp3) is 0.333. The third kappa shape index (κ3) is 4.17. The highest BCUT2D eigenvalue weighted by molar-refractivity contribution is 7.92. The Hall–Kier alpha value is -2.15. The van der Waals surface area contributed by atoms with Crippen LogP contribution in [0, 0.1) is 12.8 Å². The Morgan fingerprint density at radius 2 is 1.68 bits per heavy atom.